The van der Waals surface area contributed by atoms with E-state index < -0.39 is 0 Å². The summed E-state index contributed by atoms with van der Waals surface area (Å²) in [6.07, 6.45) is 3.80. The summed E-state index contributed by atoms with van der Waals surface area (Å²) in [5.41, 5.74) is 4.99. The highest BCUT2D eigenvalue weighted by Crippen LogP contribution is 2.38. The van der Waals surface area contributed by atoms with Gasteiger partial charge in [-0.3, -0.25) is 4.68 Å². The summed E-state index contributed by atoms with van der Waals surface area (Å²) < 4.78 is 1.92. The van der Waals surface area contributed by atoms with Crippen LogP contribution in [0.4, 0.5) is 5.82 Å². The second kappa shape index (κ2) is 3.57. The Hall–Kier alpha value is -2.36. The first-order valence-corrected chi connectivity index (χ1v) is 6.39. The standard InChI is InChI=1S/C15H14N4/c1-9-12(8-18-19(9)2)11-4-3-10-5-6-16-15-14(10)13(11)7-17-15/h3-6,8H,7H2,1-2H3,(H,16,17). The lowest BCUT2D eigenvalue weighted by Gasteiger charge is -2.07. The number of benzene rings is 1. The summed E-state index contributed by atoms with van der Waals surface area (Å²) in [6.45, 7) is 2.94. The molecule has 0 saturated carbocycles. The zero-order chi connectivity index (χ0) is 13.0. The molecule has 2 aromatic heterocycles. The molecule has 4 nitrogen and oxygen atoms in total. The third kappa shape index (κ3) is 1.34. The molecule has 1 N–H and O–H groups in total. The van der Waals surface area contributed by atoms with Crippen LogP contribution in [0.5, 0.6) is 0 Å². The fourth-order valence-corrected chi connectivity index (χ4v) is 2.85. The first kappa shape index (κ1) is 10.6. The minimum Gasteiger partial charge on any atom is -0.365 e. The maximum Gasteiger partial charge on any atom is 0.134 e. The van der Waals surface area contributed by atoms with Crippen molar-refractivity contribution < 1.29 is 0 Å². The lowest BCUT2D eigenvalue weighted by Crippen LogP contribution is -1.95. The summed E-state index contributed by atoms with van der Waals surface area (Å²) in [7, 11) is 1.98. The number of anilines is 1. The highest BCUT2D eigenvalue weighted by atomic mass is 15.3. The molecule has 4 heteroatoms. The van der Waals surface area contributed by atoms with Crippen LogP contribution in [0.2, 0.25) is 0 Å². The van der Waals surface area contributed by atoms with Gasteiger partial charge in [-0.05, 0) is 29.5 Å². The Bertz CT molecular complexity index is 801. The van der Waals surface area contributed by atoms with Crippen LogP contribution in [-0.2, 0) is 13.6 Å². The highest BCUT2D eigenvalue weighted by Gasteiger charge is 2.20. The largest absolute Gasteiger partial charge is 0.365 e. The Morgan fingerprint density at radius 1 is 1.21 bits per heavy atom. The van der Waals surface area contributed by atoms with Crippen LogP contribution in [0, 0.1) is 6.92 Å². The number of aromatic nitrogens is 3. The molecule has 0 aliphatic carbocycles. The predicted octanol–water partition coefficient (Wildman–Crippen LogP) is 2.87. The van der Waals surface area contributed by atoms with Crippen LogP contribution in [0.1, 0.15) is 11.3 Å². The molecular weight excluding hydrogens is 236 g/mol. The van der Waals surface area contributed by atoms with Crippen molar-refractivity contribution in [3.63, 3.8) is 0 Å². The molecule has 3 heterocycles. The third-order valence-electron chi connectivity index (χ3n) is 4.00. The Labute approximate surface area is 111 Å². The van der Waals surface area contributed by atoms with Gasteiger partial charge in [0.15, 0.2) is 0 Å². The zero-order valence-corrected chi connectivity index (χ0v) is 10.9. The Balaban J connectivity index is 2.07. The lowest BCUT2D eigenvalue weighted by molar-refractivity contribution is 0.740. The number of nitrogens with one attached hydrogen (secondary N) is 1. The predicted molar refractivity (Wildman–Crippen MR) is 76.0 cm³/mol. The van der Waals surface area contributed by atoms with E-state index >= 15 is 0 Å². The molecule has 0 saturated heterocycles. The van der Waals surface area contributed by atoms with Crippen molar-refractivity contribution in [1.82, 2.24) is 14.8 Å². The SMILES string of the molecule is Cc1c(-c2ccc3ccnc4c3c2CN4)cnn1C. The molecule has 0 radical (unpaired) electrons. The van der Waals surface area contributed by atoms with Gasteiger partial charge in [0.2, 0.25) is 0 Å². The van der Waals surface area contributed by atoms with Gasteiger partial charge in [0, 0.05) is 36.4 Å². The number of hydrogen-bond donors (Lipinski definition) is 1. The molecule has 4 rings (SSSR count). The second-order valence-corrected chi connectivity index (χ2v) is 4.97. The second-order valence-electron chi connectivity index (χ2n) is 4.97. The summed E-state index contributed by atoms with van der Waals surface area (Å²) >= 11 is 0. The molecule has 1 aromatic carbocycles. The Morgan fingerprint density at radius 3 is 2.89 bits per heavy atom. The van der Waals surface area contributed by atoms with E-state index in [0.29, 0.717) is 0 Å². The van der Waals surface area contributed by atoms with Crippen molar-refractivity contribution >= 4 is 16.6 Å². The van der Waals surface area contributed by atoms with Crippen molar-refractivity contribution in [2.75, 3.05) is 5.32 Å². The van der Waals surface area contributed by atoms with E-state index in [1.54, 1.807) is 0 Å². The van der Waals surface area contributed by atoms with Crippen molar-refractivity contribution in [2.24, 2.45) is 7.05 Å². The molecule has 0 amide bonds. The minimum atomic E-state index is 0.841. The summed E-state index contributed by atoms with van der Waals surface area (Å²) in [5.74, 6) is 0.996. The van der Waals surface area contributed by atoms with E-state index in [9.17, 15) is 0 Å². The molecule has 94 valence electrons. The van der Waals surface area contributed by atoms with E-state index in [0.717, 1.165) is 12.4 Å². The van der Waals surface area contributed by atoms with Gasteiger partial charge >= 0.3 is 0 Å². The van der Waals surface area contributed by atoms with Gasteiger partial charge in [-0.2, -0.15) is 5.10 Å². The third-order valence-corrected chi connectivity index (χ3v) is 4.00. The summed E-state index contributed by atoms with van der Waals surface area (Å²) in [4.78, 5) is 4.41. The summed E-state index contributed by atoms with van der Waals surface area (Å²) in [6, 6.07) is 6.42. The van der Waals surface area contributed by atoms with Crippen molar-refractivity contribution in [3.05, 3.63) is 41.9 Å². The van der Waals surface area contributed by atoms with Crippen LogP contribution < -0.4 is 5.32 Å². The van der Waals surface area contributed by atoms with Gasteiger partial charge in [-0.1, -0.05) is 12.1 Å². The number of rotatable bonds is 1. The maximum atomic E-state index is 4.41. The highest BCUT2D eigenvalue weighted by molar-refractivity contribution is 6.01. The molecule has 0 fully saturated rings. The van der Waals surface area contributed by atoms with E-state index in [-0.39, 0.29) is 0 Å². The van der Waals surface area contributed by atoms with Gasteiger partial charge in [0.25, 0.3) is 0 Å². The van der Waals surface area contributed by atoms with Gasteiger partial charge in [-0.25, -0.2) is 4.98 Å². The zero-order valence-electron chi connectivity index (χ0n) is 10.9. The van der Waals surface area contributed by atoms with Gasteiger partial charge < -0.3 is 5.32 Å². The van der Waals surface area contributed by atoms with E-state index in [2.05, 4.69) is 40.5 Å². The van der Waals surface area contributed by atoms with Crippen molar-refractivity contribution in [2.45, 2.75) is 13.5 Å². The quantitative estimate of drug-likeness (QED) is 0.722. The molecule has 0 atom stereocenters. The van der Waals surface area contributed by atoms with Crippen molar-refractivity contribution in [1.29, 1.82) is 0 Å². The molecule has 0 bridgehead atoms. The van der Waals surface area contributed by atoms with E-state index in [1.165, 1.54) is 33.2 Å². The number of pyridine rings is 1. The molecule has 1 aliphatic heterocycles. The first-order chi connectivity index (χ1) is 9.25. The first-order valence-electron chi connectivity index (χ1n) is 6.39. The van der Waals surface area contributed by atoms with Gasteiger partial charge in [-0.15, -0.1) is 0 Å². The van der Waals surface area contributed by atoms with Crippen molar-refractivity contribution in [3.8, 4) is 11.1 Å². The monoisotopic (exact) mass is 250 g/mol. The molecule has 3 aromatic rings. The Kier molecular flexibility index (Phi) is 1.98. The number of hydrogen-bond acceptors (Lipinski definition) is 3. The number of aryl methyl sites for hydroxylation is 1. The molecule has 19 heavy (non-hydrogen) atoms. The van der Waals surface area contributed by atoms with Gasteiger partial charge in [0.1, 0.15) is 5.82 Å². The fraction of sp³-hybridized carbons (Fsp3) is 0.200. The van der Waals surface area contributed by atoms with Gasteiger partial charge in [0.05, 0.1) is 6.20 Å². The Morgan fingerprint density at radius 2 is 2.11 bits per heavy atom. The fourth-order valence-electron chi connectivity index (χ4n) is 2.85. The van der Waals surface area contributed by atoms with Crippen LogP contribution >= 0.6 is 0 Å². The molecule has 0 unspecified atom stereocenters. The molecule has 1 aliphatic rings. The van der Waals surface area contributed by atoms with E-state index in [1.807, 2.05) is 24.1 Å². The average molecular weight is 250 g/mol. The minimum absolute atomic E-state index is 0.841. The normalized spacial score (nSPS) is 12.9. The van der Waals surface area contributed by atoms with Crippen LogP contribution in [0.25, 0.3) is 21.9 Å². The molecular formula is C15H14N4. The topological polar surface area (TPSA) is 42.7 Å². The maximum absolute atomic E-state index is 4.41. The smallest absolute Gasteiger partial charge is 0.134 e. The van der Waals surface area contributed by atoms with Crippen LogP contribution in [-0.4, -0.2) is 14.8 Å². The van der Waals surface area contributed by atoms with Crippen LogP contribution in [0.15, 0.2) is 30.6 Å². The lowest BCUT2D eigenvalue weighted by atomic mass is 9.97. The van der Waals surface area contributed by atoms with Crippen LogP contribution in [0.3, 0.4) is 0 Å². The average Bonchev–Trinajstić information content (AvgIpc) is 2.99. The van der Waals surface area contributed by atoms with E-state index in [4.69, 9.17) is 0 Å². The summed E-state index contributed by atoms with van der Waals surface area (Å²) in [5, 5.41) is 10.2. The number of nitrogens with zero attached hydrogens (tertiary/aromatic N) is 3. The molecule has 0 spiro atoms.